The molecule has 2 heterocycles. The minimum absolute atomic E-state index is 0.108. The summed E-state index contributed by atoms with van der Waals surface area (Å²) in [6.45, 7) is 0.892. The minimum atomic E-state index is -0.108. The molecule has 4 nitrogen and oxygen atoms in total. The lowest BCUT2D eigenvalue weighted by Gasteiger charge is -2.24. The zero-order chi connectivity index (χ0) is 13.2. The van der Waals surface area contributed by atoms with Gasteiger partial charge in [0.25, 0.3) is 5.91 Å². The molecule has 0 saturated heterocycles. The van der Waals surface area contributed by atoms with Crippen molar-refractivity contribution in [1.82, 2.24) is 14.9 Å². The molecular formula is C14H14ClN3O. The van der Waals surface area contributed by atoms with Crippen molar-refractivity contribution >= 4 is 17.5 Å². The van der Waals surface area contributed by atoms with Gasteiger partial charge in [-0.05, 0) is 18.6 Å². The maximum atomic E-state index is 12.2. The van der Waals surface area contributed by atoms with Crippen LogP contribution in [0, 0.1) is 0 Å². The van der Waals surface area contributed by atoms with E-state index in [1.54, 1.807) is 12.1 Å². The fraction of sp³-hybridized carbons (Fsp3) is 0.286. The van der Waals surface area contributed by atoms with Crippen LogP contribution in [0.3, 0.4) is 0 Å². The van der Waals surface area contributed by atoms with Gasteiger partial charge >= 0.3 is 0 Å². The van der Waals surface area contributed by atoms with Gasteiger partial charge in [-0.3, -0.25) is 4.79 Å². The molecule has 1 amide bonds. The average Bonchev–Trinajstić information content (AvgIpc) is 2.86. The molecular weight excluding hydrogens is 262 g/mol. The molecule has 1 atom stereocenters. The van der Waals surface area contributed by atoms with E-state index in [1.807, 2.05) is 24.7 Å². The highest BCUT2D eigenvalue weighted by Gasteiger charge is 2.21. The Morgan fingerprint density at radius 3 is 3.11 bits per heavy atom. The van der Waals surface area contributed by atoms with Gasteiger partial charge in [-0.15, -0.1) is 0 Å². The quantitative estimate of drug-likeness (QED) is 0.914. The summed E-state index contributed by atoms with van der Waals surface area (Å²) in [5.74, 6) is -0.108. The number of carbonyl (C=O) groups excluding carboxylic acids is 1. The van der Waals surface area contributed by atoms with Gasteiger partial charge in [-0.2, -0.15) is 0 Å². The zero-order valence-electron chi connectivity index (χ0n) is 10.3. The number of imidazole rings is 1. The average molecular weight is 276 g/mol. The third-order valence-electron chi connectivity index (χ3n) is 3.43. The topological polar surface area (TPSA) is 46.9 Å². The molecule has 1 aliphatic rings. The molecule has 1 aliphatic heterocycles. The first-order valence-electron chi connectivity index (χ1n) is 6.28. The predicted molar refractivity (Wildman–Crippen MR) is 73.3 cm³/mol. The highest BCUT2D eigenvalue weighted by molar-refractivity contribution is 6.33. The Bertz CT molecular complexity index is 608. The van der Waals surface area contributed by atoms with Crippen molar-refractivity contribution < 1.29 is 4.79 Å². The summed E-state index contributed by atoms with van der Waals surface area (Å²) in [5, 5.41) is 3.53. The second kappa shape index (κ2) is 5.05. The number of benzene rings is 1. The van der Waals surface area contributed by atoms with Crippen LogP contribution in [0.2, 0.25) is 5.02 Å². The molecule has 0 aliphatic carbocycles. The number of fused-ring (bicyclic) bond motifs is 1. The van der Waals surface area contributed by atoms with E-state index in [0.29, 0.717) is 10.6 Å². The van der Waals surface area contributed by atoms with Crippen LogP contribution in [0.25, 0.3) is 0 Å². The normalized spacial score (nSPS) is 17.8. The Morgan fingerprint density at radius 2 is 2.26 bits per heavy atom. The highest BCUT2D eigenvalue weighted by Crippen LogP contribution is 2.17. The van der Waals surface area contributed by atoms with E-state index < -0.39 is 0 Å². The smallest absolute Gasteiger partial charge is 0.253 e. The van der Waals surface area contributed by atoms with E-state index >= 15 is 0 Å². The first kappa shape index (κ1) is 12.2. The number of amides is 1. The summed E-state index contributed by atoms with van der Waals surface area (Å²) in [6.07, 6.45) is 5.42. The van der Waals surface area contributed by atoms with Crippen molar-refractivity contribution in [2.45, 2.75) is 25.4 Å². The molecule has 0 bridgehead atoms. The fourth-order valence-corrected chi connectivity index (χ4v) is 2.62. The van der Waals surface area contributed by atoms with Crippen LogP contribution in [-0.4, -0.2) is 21.5 Å². The Kier molecular flexibility index (Phi) is 3.25. The van der Waals surface area contributed by atoms with Gasteiger partial charge < -0.3 is 9.88 Å². The number of aromatic nitrogens is 2. The van der Waals surface area contributed by atoms with Crippen molar-refractivity contribution in [2.75, 3.05) is 0 Å². The van der Waals surface area contributed by atoms with E-state index in [1.165, 1.54) is 0 Å². The van der Waals surface area contributed by atoms with Crippen molar-refractivity contribution in [3.8, 4) is 0 Å². The summed E-state index contributed by atoms with van der Waals surface area (Å²) in [4.78, 5) is 16.3. The number of aryl methyl sites for hydroxylation is 1. The van der Waals surface area contributed by atoms with Crippen LogP contribution in [-0.2, 0) is 13.0 Å². The molecule has 5 heteroatoms. The summed E-state index contributed by atoms with van der Waals surface area (Å²) >= 11 is 6.03. The number of nitrogens with zero attached hydrogens (tertiary/aromatic N) is 2. The minimum Gasteiger partial charge on any atom is -0.349 e. The Morgan fingerprint density at radius 1 is 1.42 bits per heavy atom. The van der Waals surface area contributed by atoms with Crippen LogP contribution in [0.4, 0.5) is 0 Å². The third kappa shape index (κ3) is 2.49. The lowest BCUT2D eigenvalue weighted by molar-refractivity contribution is 0.0931. The second-order valence-corrected chi connectivity index (χ2v) is 5.13. The van der Waals surface area contributed by atoms with Crippen molar-refractivity contribution in [3.05, 3.63) is 53.1 Å². The Balaban J connectivity index is 1.70. The molecule has 98 valence electrons. The van der Waals surface area contributed by atoms with Crippen LogP contribution in [0.5, 0.6) is 0 Å². The van der Waals surface area contributed by atoms with E-state index in [2.05, 4.69) is 14.9 Å². The molecule has 0 radical (unpaired) electrons. The van der Waals surface area contributed by atoms with E-state index in [9.17, 15) is 4.79 Å². The van der Waals surface area contributed by atoms with Crippen LogP contribution >= 0.6 is 11.6 Å². The van der Waals surface area contributed by atoms with Crippen molar-refractivity contribution in [3.63, 3.8) is 0 Å². The van der Waals surface area contributed by atoms with Crippen LogP contribution in [0.1, 0.15) is 22.5 Å². The summed E-state index contributed by atoms with van der Waals surface area (Å²) < 4.78 is 2.12. The van der Waals surface area contributed by atoms with Gasteiger partial charge in [-0.25, -0.2) is 4.98 Å². The maximum Gasteiger partial charge on any atom is 0.253 e. The van der Waals surface area contributed by atoms with Gasteiger partial charge in [0.2, 0.25) is 0 Å². The molecule has 0 spiro atoms. The van der Waals surface area contributed by atoms with Crippen LogP contribution in [0.15, 0.2) is 36.8 Å². The molecule has 1 unspecified atom stereocenters. The number of carbonyl (C=O) groups is 1. The largest absolute Gasteiger partial charge is 0.349 e. The molecule has 2 aromatic rings. The fourth-order valence-electron chi connectivity index (χ4n) is 2.40. The highest BCUT2D eigenvalue weighted by atomic mass is 35.5. The molecule has 0 saturated carbocycles. The van der Waals surface area contributed by atoms with Gasteiger partial charge in [-0.1, -0.05) is 23.7 Å². The van der Waals surface area contributed by atoms with Crippen LogP contribution < -0.4 is 5.32 Å². The van der Waals surface area contributed by atoms with E-state index in [0.717, 1.165) is 25.1 Å². The van der Waals surface area contributed by atoms with Gasteiger partial charge in [0.05, 0.1) is 16.9 Å². The molecule has 19 heavy (non-hydrogen) atoms. The van der Waals surface area contributed by atoms with E-state index in [-0.39, 0.29) is 11.9 Å². The number of rotatable bonds is 2. The number of halogens is 1. The van der Waals surface area contributed by atoms with Gasteiger partial charge in [0.1, 0.15) is 0 Å². The summed E-state index contributed by atoms with van der Waals surface area (Å²) in [6, 6.07) is 7.25. The first-order chi connectivity index (χ1) is 9.24. The maximum absolute atomic E-state index is 12.2. The molecule has 0 fully saturated rings. The van der Waals surface area contributed by atoms with Gasteiger partial charge in [0.15, 0.2) is 0 Å². The number of hydrogen-bond acceptors (Lipinski definition) is 2. The standard InChI is InChI=1S/C14H14ClN3O/c15-13-4-2-1-3-12(13)14(19)17-10-5-6-18-9-16-8-11(18)7-10/h1-4,8-10H,5-7H2,(H,17,19). The lowest BCUT2D eigenvalue weighted by Crippen LogP contribution is -2.40. The number of nitrogens with one attached hydrogen (secondary N) is 1. The van der Waals surface area contributed by atoms with Crippen molar-refractivity contribution in [1.29, 1.82) is 0 Å². The van der Waals surface area contributed by atoms with E-state index in [4.69, 9.17) is 11.6 Å². The molecule has 1 aromatic heterocycles. The SMILES string of the molecule is O=C(NC1CCn2cncc2C1)c1ccccc1Cl. The first-order valence-corrected chi connectivity index (χ1v) is 6.66. The zero-order valence-corrected chi connectivity index (χ0v) is 11.1. The Labute approximate surface area is 116 Å². The molecule has 1 aromatic carbocycles. The van der Waals surface area contributed by atoms with Crippen molar-refractivity contribution in [2.24, 2.45) is 0 Å². The second-order valence-electron chi connectivity index (χ2n) is 4.72. The summed E-state index contributed by atoms with van der Waals surface area (Å²) in [5.41, 5.74) is 1.69. The third-order valence-corrected chi connectivity index (χ3v) is 3.76. The Hall–Kier alpha value is -1.81. The number of hydrogen-bond donors (Lipinski definition) is 1. The summed E-state index contributed by atoms with van der Waals surface area (Å²) in [7, 11) is 0. The lowest BCUT2D eigenvalue weighted by atomic mass is 10.0. The predicted octanol–water partition coefficient (Wildman–Crippen LogP) is 2.28. The van der Waals surface area contributed by atoms with Gasteiger partial charge in [0, 0.05) is 30.9 Å². The molecule has 3 rings (SSSR count). The molecule has 1 N–H and O–H groups in total. The monoisotopic (exact) mass is 275 g/mol.